The Morgan fingerprint density at radius 1 is 1.00 bits per heavy atom. The quantitative estimate of drug-likeness (QED) is 0.465. The van der Waals surface area contributed by atoms with E-state index in [4.69, 9.17) is 11.6 Å². The van der Waals surface area contributed by atoms with Crippen molar-refractivity contribution in [1.29, 1.82) is 0 Å². The van der Waals surface area contributed by atoms with Gasteiger partial charge in [0.2, 0.25) is 10.0 Å². The van der Waals surface area contributed by atoms with Gasteiger partial charge in [0.05, 0.1) is 16.5 Å². The summed E-state index contributed by atoms with van der Waals surface area (Å²) in [6, 6.07) is 21.4. The summed E-state index contributed by atoms with van der Waals surface area (Å²) in [6.45, 7) is 1.97. The van der Waals surface area contributed by atoms with E-state index < -0.39 is 22.0 Å². The largest absolute Gasteiger partial charge is 0.478 e. The third kappa shape index (κ3) is 5.89. The number of carboxylic acid groups (broad SMARTS) is 1. The average molecular weight is 478 g/mol. The number of rotatable bonds is 8. The SMILES string of the molecule is CC[C@@H](c1ccccc1)N(Cc1cccc(C(=O)O)c1)S(=O)(=O)c1ccc(Cl)cc1.S. The molecule has 31 heavy (non-hydrogen) atoms. The first-order valence-electron chi connectivity index (χ1n) is 9.47. The Labute approximate surface area is 194 Å². The topological polar surface area (TPSA) is 74.7 Å². The summed E-state index contributed by atoms with van der Waals surface area (Å²) < 4.78 is 28.6. The van der Waals surface area contributed by atoms with Crippen molar-refractivity contribution in [1.82, 2.24) is 4.31 Å². The standard InChI is InChI=1S/C23H22ClNO4S.H2S/c1-2-22(18-8-4-3-5-9-18)25(16-17-7-6-10-19(15-17)23(26)27)30(28,29)21-13-11-20(24)12-14-21;/h3-15,22H,2,16H2,1H3,(H,26,27);1H2/t22-;/m0./s1. The molecule has 0 bridgehead atoms. The summed E-state index contributed by atoms with van der Waals surface area (Å²) in [5.41, 5.74) is 1.58. The lowest BCUT2D eigenvalue weighted by Gasteiger charge is -2.31. The zero-order valence-corrected chi connectivity index (χ0v) is 19.5. The van der Waals surface area contributed by atoms with Gasteiger partial charge in [-0.1, -0.05) is 61.0 Å². The van der Waals surface area contributed by atoms with Crippen LogP contribution in [-0.2, 0) is 16.6 Å². The molecule has 5 nitrogen and oxygen atoms in total. The van der Waals surface area contributed by atoms with Gasteiger partial charge in [-0.25, -0.2) is 13.2 Å². The number of aromatic carboxylic acids is 1. The predicted molar refractivity (Wildman–Crippen MR) is 127 cm³/mol. The zero-order chi connectivity index (χ0) is 21.7. The smallest absolute Gasteiger partial charge is 0.335 e. The van der Waals surface area contributed by atoms with Crippen LogP contribution in [-0.4, -0.2) is 23.8 Å². The first-order chi connectivity index (χ1) is 14.3. The molecule has 0 fully saturated rings. The molecule has 1 N–H and O–H groups in total. The number of nitrogens with zero attached hydrogens (tertiary/aromatic N) is 1. The van der Waals surface area contributed by atoms with Gasteiger partial charge in [-0.2, -0.15) is 17.8 Å². The van der Waals surface area contributed by atoms with Gasteiger partial charge < -0.3 is 5.11 Å². The van der Waals surface area contributed by atoms with E-state index in [9.17, 15) is 18.3 Å². The number of hydrogen-bond acceptors (Lipinski definition) is 3. The Hall–Kier alpha value is -2.32. The third-order valence-electron chi connectivity index (χ3n) is 4.85. The molecule has 1 atom stereocenters. The predicted octanol–water partition coefficient (Wildman–Crippen LogP) is 5.49. The molecule has 0 heterocycles. The lowest BCUT2D eigenvalue weighted by Crippen LogP contribution is -2.34. The Morgan fingerprint density at radius 2 is 1.65 bits per heavy atom. The van der Waals surface area contributed by atoms with Crippen LogP contribution < -0.4 is 0 Å². The molecule has 0 saturated carbocycles. The van der Waals surface area contributed by atoms with Gasteiger partial charge in [-0.05, 0) is 53.9 Å². The maximum Gasteiger partial charge on any atom is 0.335 e. The molecule has 0 unspecified atom stereocenters. The van der Waals surface area contributed by atoms with Crippen molar-refractivity contribution in [2.45, 2.75) is 30.8 Å². The van der Waals surface area contributed by atoms with Crippen LogP contribution in [0, 0.1) is 0 Å². The van der Waals surface area contributed by atoms with Crippen LogP contribution in [0.2, 0.25) is 5.02 Å². The van der Waals surface area contributed by atoms with Crippen molar-refractivity contribution in [2.75, 3.05) is 0 Å². The van der Waals surface area contributed by atoms with E-state index in [2.05, 4.69) is 0 Å². The highest BCUT2D eigenvalue weighted by atomic mass is 35.5. The van der Waals surface area contributed by atoms with Crippen LogP contribution in [0.25, 0.3) is 0 Å². The monoisotopic (exact) mass is 477 g/mol. The second-order valence-electron chi connectivity index (χ2n) is 6.84. The molecule has 3 aromatic carbocycles. The van der Waals surface area contributed by atoms with Crippen LogP contribution in [0.15, 0.2) is 83.8 Å². The van der Waals surface area contributed by atoms with Gasteiger partial charge in [-0.3, -0.25) is 0 Å². The van der Waals surface area contributed by atoms with Crippen molar-refractivity contribution in [3.63, 3.8) is 0 Å². The summed E-state index contributed by atoms with van der Waals surface area (Å²) in [4.78, 5) is 11.5. The van der Waals surface area contributed by atoms with E-state index in [0.29, 0.717) is 17.0 Å². The number of halogens is 1. The molecule has 0 aliphatic carbocycles. The van der Waals surface area contributed by atoms with Gasteiger partial charge in [0.15, 0.2) is 0 Å². The number of hydrogen-bond donors (Lipinski definition) is 1. The fourth-order valence-electron chi connectivity index (χ4n) is 3.37. The van der Waals surface area contributed by atoms with Crippen molar-refractivity contribution in [3.05, 3.63) is 101 Å². The maximum atomic E-state index is 13.6. The zero-order valence-electron chi connectivity index (χ0n) is 16.9. The highest BCUT2D eigenvalue weighted by molar-refractivity contribution is 7.89. The van der Waals surface area contributed by atoms with E-state index >= 15 is 0 Å². The minimum Gasteiger partial charge on any atom is -0.478 e. The molecule has 3 rings (SSSR count). The van der Waals surface area contributed by atoms with Crippen molar-refractivity contribution < 1.29 is 18.3 Å². The Kier molecular flexibility index (Phi) is 8.70. The van der Waals surface area contributed by atoms with Gasteiger partial charge >= 0.3 is 5.97 Å². The Morgan fingerprint density at radius 3 is 2.23 bits per heavy atom. The molecule has 164 valence electrons. The van der Waals surface area contributed by atoms with E-state index in [1.165, 1.54) is 28.6 Å². The molecular formula is C23H24ClNO4S2. The number of carbonyl (C=O) groups is 1. The fraction of sp³-hybridized carbons (Fsp3) is 0.174. The number of benzene rings is 3. The molecule has 0 aromatic heterocycles. The van der Waals surface area contributed by atoms with E-state index in [0.717, 1.165) is 5.56 Å². The molecule has 0 radical (unpaired) electrons. The lowest BCUT2D eigenvalue weighted by atomic mass is 10.0. The van der Waals surface area contributed by atoms with Crippen molar-refractivity contribution >= 4 is 41.1 Å². The minimum atomic E-state index is -3.88. The minimum absolute atomic E-state index is 0. The van der Waals surface area contributed by atoms with Crippen molar-refractivity contribution in [3.8, 4) is 0 Å². The molecule has 0 spiro atoms. The number of carboxylic acids is 1. The van der Waals surface area contributed by atoms with Gasteiger partial charge in [-0.15, -0.1) is 0 Å². The van der Waals surface area contributed by atoms with Crippen LogP contribution in [0.3, 0.4) is 0 Å². The highest BCUT2D eigenvalue weighted by Gasteiger charge is 2.32. The van der Waals surface area contributed by atoms with E-state index in [-0.39, 0.29) is 30.5 Å². The van der Waals surface area contributed by atoms with Crippen LogP contribution >= 0.6 is 25.1 Å². The van der Waals surface area contributed by atoms with Crippen LogP contribution in [0.1, 0.15) is 40.9 Å². The van der Waals surface area contributed by atoms with E-state index in [1.54, 1.807) is 24.3 Å². The molecule has 0 aliphatic rings. The normalized spacial score (nSPS) is 12.2. The third-order valence-corrected chi connectivity index (χ3v) is 6.97. The Balaban J connectivity index is 0.00000341. The second-order valence-corrected chi connectivity index (χ2v) is 9.17. The average Bonchev–Trinajstić information content (AvgIpc) is 2.75. The van der Waals surface area contributed by atoms with E-state index in [1.807, 2.05) is 37.3 Å². The molecule has 8 heteroatoms. The van der Waals surface area contributed by atoms with Crippen LogP contribution in [0.4, 0.5) is 0 Å². The number of sulfonamides is 1. The maximum absolute atomic E-state index is 13.6. The summed E-state index contributed by atoms with van der Waals surface area (Å²) in [5, 5.41) is 9.75. The Bertz CT molecular complexity index is 1120. The second kappa shape index (κ2) is 10.8. The summed E-state index contributed by atoms with van der Waals surface area (Å²) in [6.07, 6.45) is 0.551. The summed E-state index contributed by atoms with van der Waals surface area (Å²) in [5.74, 6) is -1.06. The lowest BCUT2D eigenvalue weighted by molar-refractivity contribution is 0.0696. The summed E-state index contributed by atoms with van der Waals surface area (Å²) in [7, 11) is -3.88. The van der Waals surface area contributed by atoms with Gasteiger partial charge in [0, 0.05) is 11.6 Å². The van der Waals surface area contributed by atoms with Crippen LogP contribution in [0.5, 0.6) is 0 Å². The summed E-state index contributed by atoms with van der Waals surface area (Å²) >= 11 is 5.94. The molecule has 0 aliphatic heterocycles. The molecule has 3 aromatic rings. The molecular weight excluding hydrogens is 454 g/mol. The fourth-order valence-corrected chi connectivity index (χ4v) is 5.17. The van der Waals surface area contributed by atoms with Gasteiger partial charge in [0.1, 0.15) is 0 Å². The molecule has 0 amide bonds. The van der Waals surface area contributed by atoms with Gasteiger partial charge in [0.25, 0.3) is 0 Å². The first kappa shape index (κ1) is 24.9. The van der Waals surface area contributed by atoms with Crippen molar-refractivity contribution in [2.24, 2.45) is 0 Å². The molecule has 0 saturated heterocycles. The first-order valence-corrected chi connectivity index (χ1v) is 11.3. The highest BCUT2D eigenvalue weighted by Crippen LogP contribution is 2.32.